The number of esters is 1. The van der Waals surface area contributed by atoms with Gasteiger partial charge >= 0.3 is 5.97 Å². The van der Waals surface area contributed by atoms with Gasteiger partial charge in [0.05, 0.1) is 18.7 Å². The fourth-order valence-corrected chi connectivity index (χ4v) is 2.78. The van der Waals surface area contributed by atoms with Crippen molar-refractivity contribution in [1.82, 2.24) is 0 Å². The molecular weight excluding hydrogens is 266 g/mol. The number of carbonyl (C=O) groups excluding carboxylic acids is 1. The molecule has 21 heavy (non-hydrogen) atoms. The second-order valence-electron chi connectivity index (χ2n) is 5.19. The molecule has 0 heterocycles. The quantitative estimate of drug-likeness (QED) is 0.849. The third-order valence-electron chi connectivity index (χ3n) is 3.85. The Labute approximate surface area is 123 Å². The first kappa shape index (κ1) is 13.5. The molecule has 0 aromatic heterocycles. The lowest BCUT2D eigenvalue weighted by molar-refractivity contribution is 0.0601. The zero-order valence-electron chi connectivity index (χ0n) is 11.8. The number of carbonyl (C=O) groups is 1. The van der Waals surface area contributed by atoms with Crippen molar-refractivity contribution in [3.8, 4) is 5.75 Å². The number of anilines is 1. The number of fused-ring (bicyclic) bond motifs is 1. The van der Waals surface area contributed by atoms with Gasteiger partial charge in [0.25, 0.3) is 0 Å². The summed E-state index contributed by atoms with van der Waals surface area (Å²) in [6.07, 6.45) is 1.96. The summed E-state index contributed by atoms with van der Waals surface area (Å²) in [5.41, 5.74) is 3.93. The van der Waals surface area contributed by atoms with Crippen LogP contribution in [0, 0.1) is 0 Å². The number of aryl methyl sites for hydroxylation is 1. The van der Waals surface area contributed by atoms with Gasteiger partial charge in [0, 0.05) is 5.69 Å². The summed E-state index contributed by atoms with van der Waals surface area (Å²) in [6, 6.07) is 13.0. The van der Waals surface area contributed by atoms with Gasteiger partial charge < -0.3 is 15.2 Å². The van der Waals surface area contributed by atoms with E-state index in [1.165, 1.54) is 18.2 Å². The summed E-state index contributed by atoms with van der Waals surface area (Å²) in [4.78, 5) is 11.4. The largest absolute Gasteiger partial charge is 0.508 e. The Bertz CT molecular complexity index is 664. The van der Waals surface area contributed by atoms with Crippen LogP contribution in [0.4, 0.5) is 5.69 Å². The van der Waals surface area contributed by atoms with Crippen molar-refractivity contribution < 1.29 is 14.6 Å². The molecule has 0 saturated heterocycles. The highest BCUT2D eigenvalue weighted by Gasteiger charge is 2.22. The van der Waals surface area contributed by atoms with Crippen LogP contribution < -0.4 is 5.32 Å². The van der Waals surface area contributed by atoms with E-state index in [1.54, 1.807) is 18.2 Å². The minimum absolute atomic E-state index is 0.240. The molecular formula is C17H17NO3. The molecule has 2 aromatic carbocycles. The molecule has 3 rings (SSSR count). The summed E-state index contributed by atoms with van der Waals surface area (Å²) >= 11 is 0. The molecule has 4 nitrogen and oxygen atoms in total. The van der Waals surface area contributed by atoms with Crippen LogP contribution in [0.2, 0.25) is 0 Å². The van der Waals surface area contributed by atoms with E-state index in [4.69, 9.17) is 0 Å². The molecule has 0 radical (unpaired) electrons. The maximum atomic E-state index is 11.4. The maximum absolute atomic E-state index is 11.4. The number of hydrogen-bond acceptors (Lipinski definition) is 4. The Morgan fingerprint density at radius 1 is 1.24 bits per heavy atom. The molecule has 0 fully saturated rings. The van der Waals surface area contributed by atoms with E-state index in [0.717, 1.165) is 18.5 Å². The molecule has 1 unspecified atom stereocenters. The van der Waals surface area contributed by atoms with Gasteiger partial charge in [0.1, 0.15) is 5.75 Å². The first-order valence-corrected chi connectivity index (χ1v) is 6.94. The zero-order chi connectivity index (χ0) is 14.8. The molecule has 0 aliphatic heterocycles. The van der Waals surface area contributed by atoms with Crippen molar-refractivity contribution in [2.45, 2.75) is 18.9 Å². The van der Waals surface area contributed by atoms with Crippen molar-refractivity contribution >= 4 is 11.7 Å². The third kappa shape index (κ3) is 2.70. The summed E-state index contributed by atoms with van der Waals surface area (Å²) in [5.74, 6) is -0.0138. The fraction of sp³-hybridized carbons (Fsp3) is 0.235. The molecule has 1 aliphatic rings. The Morgan fingerprint density at radius 2 is 2.00 bits per heavy atom. The van der Waals surface area contributed by atoms with E-state index in [2.05, 4.69) is 10.1 Å². The number of methoxy groups -OCH3 is 1. The summed E-state index contributed by atoms with van der Waals surface area (Å²) in [5, 5.41) is 13.0. The second kappa shape index (κ2) is 5.48. The zero-order valence-corrected chi connectivity index (χ0v) is 11.8. The van der Waals surface area contributed by atoms with Crippen LogP contribution in [0.25, 0.3) is 0 Å². The molecule has 0 saturated carbocycles. The molecule has 4 heteroatoms. The number of rotatable bonds is 3. The monoisotopic (exact) mass is 283 g/mol. The molecule has 0 bridgehead atoms. The van der Waals surface area contributed by atoms with Crippen LogP contribution >= 0.6 is 0 Å². The number of aromatic hydroxyl groups is 1. The lowest BCUT2D eigenvalue weighted by Crippen LogP contribution is -2.07. The molecule has 1 aliphatic carbocycles. The van der Waals surface area contributed by atoms with Crippen LogP contribution in [0.5, 0.6) is 5.75 Å². The number of ether oxygens (including phenoxy) is 1. The number of nitrogens with one attached hydrogen (secondary N) is 1. The molecule has 2 aromatic rings. The van der Waals surface area contributed by atoms with Crippen LogP contribution in [-0.2, 0) is 11.2 Å². The van der Waals surface area contributed by atoms with Crippen LogP contribution in [0.1, 0.15) is 33.9 Å². The predicted molar refractivity (Wildman–Crippen MR) is 80.6 cm³/mol. The average molecular weight is 283 g/mol. The van der Waals surface area contributed by atoms with Crippen molar-refractivity contribution in [2.75, 3.05) is 12.4 Å². The van der Waals surface area contributed by atoms with Gasteiger partial charge in [-0.1, -0.05) is 6.07 Å². The Balaban J connectivity index is 1.75. The Morgan fingerprint density at radius 3 is 2.71 bits per heavy atom. The van der Waals surface area contributed by atoms with E-state index in [9.17, 15) is 9.90 Å². The van der Waals surface area contributed by atoms with Gasteiger partial charge in [-0.05, 0) is 60.4 Å². The summed E-state index contributed by atoms with van der Waals surface area (Å²) < 4.78 is 4.68. The highest BCUT2D eigenvalue weighted by molar-refractivity contribution is 5.89. The number of phenols is 1. The van der Waals surface area contributed by atoms with E-state index < -0.39 is 0 Å². The lowest BCUT2D eigenvalue weighted by Gasteiger charge is -2.16. The van der Waals surface area contributed by atoms with Gasteiger partial charge in [-0.15, -0.1) is 0 Å². The molecule has 1 atom stereocenters. The third-order valence-corrected chi connectivity index (χ3v) is 3.85. The van der Waals surface area contributed by atoms with Crippen molar-refractivity contribution in [1.29, 1.82) is 0 Å². The van der Waals surface area contributed by atoms with Crippen molar-refractivity contribution in [3.05, 3.63) is 59.2 Å². The van der Waals surface area contributed by atoms with Gasteiger partial charge in [0.2, 0.25) is 0 Å². The topological polar surface area (TPSA) is 58.6 Å². The first-order chi connectivity index (χ1) is 10.2. The van der Waals surface area contributed by atoms with E-state index >= 15 is 0 Å². The van der Waals surface area contributed by atoms with Crippen molar-refractivity contribution in [2.24, 2.45) is 0 Å². The van der Waals surface area contributed by atoms with Gasteiger partial charge in [-0.3, -0.25) is 0 Å². The molecule has 2 N–H and O–H groups in total. The normalized spacial score (nSPS) is 16.3. The summed E-state index contributed by atoms with van der Waals surface area (Å²) in [7, 11) is 1.37. The Kier molecular flexibility index (Phi) is 3.52. The minimum atomic E-state index is -0.330. The number of hydrogen-bond donors (Lipinski definition) is 2. The first-order valence-electron chi connectivity index (χ1n) is 6.94. The van der Waals surface area contributed by atoms with Crippen molar-refractivity contribution in [3.63, 3.8) is 0 Å². The van der Waals surface area contributed by atoms with Gasteiger partial charge in [0.15, 0.2) is 0 Å². The minimum Gasteiger partial charge on any atom is -0.508 e. The van der Waals surface area contributed by atoms with E-state index in [0.29, 0.717) is 11.3 Å². The lowest BCUT2D eigenvalue weighted by atomic mass is 10.1. The van der Waals surface area contributed by atoms with E-state index in [1.807, 2.05) is 24.3 Å². The van der Waals surface area contributed by atoms with Gasteiger partial charge in [-0.25, -0.2) is 4.79 Å². The standard InChI is InChI=1S/C17H17NO3/c1-21-17(20)11-2-5-13(6-3-11)18-16-9-4-12-10-14(19)7-8-15(12)16/h2-3,5-8,10,16,18-19H,4,9H2,1H3. The van der Waals surface area contributed by atoms with Gasteiger partial charge in [-0.2, -0.15) is 0 Å². The Hall–Kier alpha value is -2.49. The predicted octanol–water partition coefficient (Wildman–Crippen LogP) is 3.28. The molecule has 0 amide bonds. The number of benzene rings is 2. The summed E-state index contributed by atoms with van der Waals surface area (Å²) in [6.45, 7) is 0. The number of phenolic OH excluding ortho intramolecular Hbond substituents is 1. The van der Waals surface area contributed by atoms with Crippen LogP contribution in [0.15, 0.2) is 42.5 Å². The van der Waals surface area contributed by atoms with Crippen LogP contribution in [-0.4, -0.2) is 18.2 Å². The maximum Gasteiger partial charge on any atom is 0.337 e. The smallest absolute Gasteiger partial charge is 0.337 e. The second-order valence-corrected chi connectivity index (χ2v) is 5.19. The average Bonchev–Trinajstić information content (AvgIpc) is 2.89. The molecule has 0 spiro atoms. The SMILES string of the molecule is COC(=O)c1ccc(NC2CCc3cc(O)ccc32)cc1. The fourth-order valence-electron chi connectivity index (χ4n) is 2.78. The highest BCUT2D eigenvalue weighted by Crippen LogP contribution is 2.35. The van der Waals surface area contributed by atoms with E-state index in [-0.39, 0.29) is 12.0 Å². The highest BCUT2D eigenvalue weighted by atomic mass is 16.5. The molecule has 108 valence electrons. The van der Waals surface area contributed by atoms with Crippen LogP contribution in [0.3, 0.4) is 0 Å².